The van der Waals surface area contributed by atoms with Gasteiger partial charge in [-0.25, -0.2) is 0 Å². The Hall–Kier alpha value is -1.04. The van der Waals surface area contributed by atoms with Gasteiger partial charge in [0.25, 0.3) is 5.22 Å². The lowest BCUT2D eigenvalue weighted by molar-refractivity contribution is -0.139. The number of nitrogens with zero attached hydrogens (tertiary/aromatic N) is 2. The third kappa shape index (κ3) is 2.95. The maximum absolute atomic E-state index is 11.1. The van der Waals surface area contributed by atoms with Gasteiger partial charge in [-0.15, -0.1) is 10.2 Å². The predicted octanol–water partition coefficient (Wildman–Crippen LogP) is 2.11. The molecule has 0 bridgehead atoms. The normalized spacial score (nSPS) is 14.9. The molecule has 5 nitrogen and oxygen atoms in total. The summed E-state index contributed by atoms with van der Waals surface area (Å²) in [7, 11) is 0. The molecule has 0 aromatic carbocycles. The monoisotopic (exact) mass is 230 g/mol. The smallest absolute Gasteiger partial charge is 0.320 e. The summed E-state index contributed by atoms with van der Waals surface area (Å²) in [5, 5.41) is 16.9. The van der Waals surface area contributed by atoms with Crippen LogP contribution in [0, 0.1) is 6.92 Å². The number of hydrogen-bond acceptors (Lipinski definition) is 5. The molecule has 0 saturated heterocycles. The van der Waals surface area contributed by atoms with Gasteiger partial charge >= 0.3 is 5.97 Å². The van der Waals surface area contributed by atoms with Crippen LogP contribution < -0.4 is 0 Å². The maximum atomic E-state index is 11.1. The Morgan fingerprint density at radius 3 is 2.67 bits per heavy atom. The highest BCUT2D eigenvalue weighted by Gasteiger charge is 2.35. The van der Waals surface area contributed by atoms with E-state index in [2.05, 4.69) is 10.2 Å². The minimum Gasteiger partial charge on any atom is -0.480 e. The van der Waals surface area contributed by atoms with Crippen LogP contribution >= 0.6 is 11.8 Å². The van der Waals surface area contributed by atoms with E-state index in [9.17, 15) is 4.79 Å². The summed E-state index contributed by atoms with van der Waals surface area (Å²) in [6, 6.07) is 0. The molecular formula is C9H14N2O3S. The van der Waals surface area contributed by atoms with E-state index in [4.69, 9.17) is 9.52 Å². The second-order valence-electron chi connectivity index (χ2n) is 3.48. The summed E-state index contributed by atoms with van der Waals surface area (Å²) in [5.41, 5.74) is 0. The van der Waals surface area contributed by atoms with Crippen molar-refractivity contribution < 1.29 is 14.3 Å². The summed E-state index contributed by atoms with van der Waals surface area (Å²) < 4.78 is 4.26. The summed E-state index contributed by atoms with van der Waals surface area (Å²) in [5.74, 6) is -0.410. The number of aromatic nitrogens is 2. The Morgan fingerprint density at radius 2 is 2.27 bits per heavy atom. The number of carboxylic acids is 1. The van der Waals surface area contributed by atoms with Crippen molar-refractivity contribution in [3.63, 3.8) is 0 Å². The largest absolute Gasteiger partial charge is 0.480 e. The van der Waals surface area contributed by atoms with Crippen molar-refractivity contribution >= 4 is 17.7 Å². The SMILES string of the molecule is CCCC(C)(Sc1nnc(C)o1)C(=O)O. The van der Waals surface area contributed by atoms with Gasteiger partial charge < -0.3 is 9.52 Å². The van der Waals surface area contributed by atoms with E-state index in [1.165, 1.54) is 0 Å². The van der Waals surface area contributed by atoms with E-state index in [0.29, 0.717) is 17.5 Å². The fraction of sp³-hybridized carbons (Fsp3) is 0.667. The Bertz CT molecular complexity index is 353. The highest BCUT2D eigenvalue weighted by Crippen LogP contribution is 2.35. The first-order valence-electron chi connectivity index (χ1n) is 4.70. The quantitative estimate of drug-likeness (QED) is 0.781. The summed E-state index contributed by atoms with van der Waals surface area (Å²) in [6.45, 7) is 5.29. The van der Waals surface area contributed by atoms with Gasteiger partial charge in [0.2, 0.25) is 5.89 Å². The van der Waals surface area contributed by atoms with E-state index in [1.54, 1.807) is 13.8 Å². The molecule has 0 amide bonds. The Morgan fingerprint density at radius 1 is 1.60 bits per heavy atom. The Labute approximate surface area is 92.3 Å². The maximum Gasteiger partial charge on any atom is 0.320 e. The zero-order valence-electron chi connectivity index (χ0n) is 8.98. The van der Waals surface area contributed by atoms with Crippen molar-refractivity contribution in [2.45, 2.75) is 43.6 Å². The van der Waals surface area contributed by atoms with Crippen molar-refractivity contribution in [2.75, 3.05) is 0 Å². The predicted molar refractivity (Wildman–Crippen MR) is 55.8 cm³/mol. The van der Waals surface area contributed by atoms with Crippen molar-refractivity contribution in [1.29, 1.82) is 0 Å². The molecule has 1 aromatic rings. The molecule has 0 aliphatic rings. The molecule has 1 heterocycles. The fourth-order valence-electron chi connectivity index (χ4n) is 1.19. The molecule has 15 heavy (non-hydrogen) atoms. The standard InChI is InChI=1S/C9H14N2O3S/c1-4-5-9(3,7(12)13)15-8-11-10-6(2)14-8/h4-5H2,1-3H3,(H,12,13). The Kier molecular flexibility index (Phi) is 3.73. The van der Waals surface area contributed by atoms with Gasteiger partial charge in [-0.05, 0) is 25.1 Å². The van der Waals surface area contributed by atoms with Crippen LogP contribution in [0.15, 0.2) is 9.64 Å². The minimum absolute atomic E-state index is 0.311. The molecule has 1 rings (SSSR count). The number of aliphatic carboxylic acids is 1. The van der Waals surface area contributed by atoms with E-state index in [-0.39, 0.29) is 0 Å². The highest BCUT2D eigenvalue weighted by molar-refractivity contribution is 8.01. The number of aryl methyl sites for hydroxylation is 1. The van der Waals surface area contributed by atoms with Gasteiger partial charge in [0, 0.05) is 6.92 Å². The molecule has 1 unspecified atom stereocenters. The van der Waals surface area contributed by atoms with E-state index >= 15 is 0 Å². The van der Waals surface area contributed by atoms with E-state index in [0.717, 1.165) is 18.2 Å². The Balaban J connectivity index is 2.79. The lowest BCUT2D eigenvalue weighted by atomic mass is 10.1. The van der Waals surface area contributed by atoms with Crippen LogP contribution in [0.5, 0.6) is 0 Å². The molecule has 0 spiro atoms. The van der Waals surface area contributed by atoms with Gasteiger partial charge in [-0.2, -0.15) is 0 Å². The summed E-state index contributed by atoms with van der Waals surface area (Å²) in [4.78, 5) is 11.1. The first-order chi connectivity index (χ1) is 6.98. The first-order valence-corrected chi connectivity index (χ1v) is 5.52. The molecule has 84 valence electrons. The topological polar surface area (TPSA) is 76.2 Å². The van der Waals surface area contributed by atoms with Gasteiger partial charge in [0.05, 0.1) is 0 Å². The number of carboxylic acid groups (broad SMARTS) is 1. The fourth-order valence-corrected chi connectivity index (χ4v) is 2.21. The number of rotatable bonds is 5. The highest BCUT2D eigenvalue weighted by atomic mass is 32.2. The van der Waals surface area contributed by atoms with Crippen LogP contribution in [0.2, 0.25) is 0 Å². The minimum atomic E-state index is -0.895. The molecule has 0 saturated carbocycles. The van der Waals surface area contributed by atoms with Crippen LogP contribution in [0.3, 0.4) is 0 Å². The van der Waals surface area contributed by atoms with Gasteiger partial charge in [-0.3, -0.25) is 4.79 Å². The zero-order valence-corrected chi connectivity index (χ0v) is 9.80. The summed E-state index contributed by atoms with van der Waals surface area (Å²) in [6.07, 6.45) is 1.36. The molecular weight excluding hydrogens is 216 g/mol. The molecule has 6 heteroatoms. The number of thioether (sulfide) groups is 1. The molecule has 1 N–H and O–H groups in total. The molecule has 1 atom stereocenters. The third-order valence-electron chi connectivity index (χ3n) is 2.00. The molecule has 0 aliphatic heterocycles. The van der Waals surface area contributed by atoms with Crippen molar-refractivity contribution in [1.82, 2.24) is 10.2 Å². The lowest BCUT2D eigenvalue weighted by Crippen LogP contribution is -2.31. The van der Waals surface area contributed by atoms with Gasteiger partial charge in [0.15, 0.2) is 0 Å². The van der Waals surface area contributed by atoms with Gasteiger partial charge in [-0.1, -0.05) is 13.3 Å². The average molecular weight is 230 g/mol. The second kappa shape index (κ2) is 4.65. The zero-order chi connectivity index (χ0) is 11.5. The molecule has 0 fully saturated rings. The number of carbonyl (C=O) groups is 1. The van der Waals surface area contributed by atoms with Crippen LogP contribution in [0.4, 0.5) is 0 Å². The van der Waals surface area contributed by atoms with Crippen molar-refractivity contribution in [3.8, 4) is 0 Å². The van der Waals surface area contributed by atoms with Crippen LogP contribution in [-0.2, 0) is 4.79 Å². The first kappa shape index (κ1) is 12.0. The lowest BCUT2D eigenvalue weighted by Gasteiger charge is -2.20. The van der Waals surface area contributed by atoms with Crippen LogP contribution in [0.25, 0.3) is 0 Å². The van der Waals surface area contributed by atoms with Crippen molar-refractivity contribution in [3.05, 3.63) is 5.89 Å². The van der Waals surface area contributed by atoms with Crippen molar-refractivity contribution in [2.24, 2.45) is 0 Å². The van der Waals surface area contributed by atoms with Crippen LogP contribution in [0.1, 0.15) is 32.6 Å². The third-order valence-corrected chi connectivity index (χ3v) is 3.17. The molecule has 0 aliphatic carbocycles. The molecule has 0 radical (unpaired) electrons. The van der Waals surface area contributed by atoms with Crippen LogP contribution in [-0.4, -0.2) is 26.0 Å². The van der Waals surface area contributed by atoms with E-state index in [1.807, 2.05) is 6.92 Å². The number of hydrogen-bond donors (Lipinski definition) is 1. The molecule has 1 aromatic heterocycles. The van der Waals surface area contributed by atoms with E-state index < -0.39 is 10.7 Å². The second-order valence-corrected chi connectivity index (χ2v) is 4.93. The van der Waals surface area contributed by atoms with Gasteiger partial charge in [0.1, 0.15) is 4.75 Å². The average Bonchev–Trinajstić information content (AvgIpc) is 2.51. The summed E-state index contributed by atoms with van der Waals surface area (Å²) >= 11 is 1.10.